The molecule has 0 bridgehead atoms. The molecule has 0 aromatic heterocycles. The van der Waals surface area contributed by atoms with Gasteiger partial charge in [0, 0.05) is 31.1 Å². The van der Waals surface area contributed by atoms with Crippen LogP contribution >= 0.6 is 0 Å². The third-order valence-electron chi connectivity index (χ3n) is 5.23. The van der Waals surface area contributed by atoms with Crippen LogP contribution < -0.4 is 15.0 Å². The zero-order chi connectivity index (χ0) is 18.6. The fraction of sp³-hybridized carbons (Fsp3) is 0.364. The molecule has 1 fully saturated rings. The molecule has 2 heterocycles. The Balaban J connectivity index is 1.27. The quantitative estimate of drug-likeness (QED) is 0.887. The molecular formula is C22H24N2O3. The van der Waals surface area contributed by atoms with Gasteiger partial charge in [-0.2, -0.15) is 0 Å². The minimum atomic E-state index is 0.0128. The molecule has 2 aliphatic heterocycles. The lowest BCUT2D eigenvalue weighted by atomic mass is 9.96. The zero-order valence-corrected chi connectivity index (χ0v) is 15.3. The average molecular weight is 364 g/mol. The van der Waals surface area contributed by atoms with E-state index in [1.165, 1.54) is 5.56 Å². The van der Waals surface area contributed by atoms with E-state index < -0.39 is 0 Å². The third kappa shape index (κ3) is 4.13. The number of nitrogens with zero attached hydrogens (tertiary/aromatic N) is 1. The summed E-state index contributed by atoms with van der Waals surface area (Å²) in [5.41, 5.74) is 3.07. The van der Waals surface area contributed by atoms with Crippen molar-refractivity contribution in [2.75, 3.05) is 24.6 Å². The highest BCUT2D eigenvalue weighted by Crippen LogP contribution is 2.26. The number of fused-ring (bicyclic) bond motifs is 1. The number of rotatable bonds is 5. The molecule has 1 N–H and O–H groups in total. The summed E-state index contributed by atoms with van der Waals surface area (Å²) in [6.07, 6.45) is 2.81. The van der Waals surface area contributed by atoms with Crippen molar-refractivity contribution in [3.05, 3.63) is 59.7 Å². The maximum Gasteiger partial charge on any atom is 0.227 e. The van der Waals surface area contributed by atoms with Crippen LogP contribution in [0.5, 0.6) is 5.75 Å². The number of para-hydroxylation sites is 1. The van der Waals surface area contributed by atoms with Gasteiger partial charge in [0.2, 0.25) is 11.8 Å². The molecule has 2 aromatic carbocycles. The van der Waals surface area contributed by atoms with Gasteiger partial charge in [-0.05, 0) is 42.2 Å². The van der Waals surface area contributed by atoms with E-state index in [0.29, 0.717) is 31.9 Å². The summed E-state index contributed by atoms with van der Waals surface area (Å²) in [4.78, 5) is 25.9. The Hall–Kier alpha value is -2.82. The van der Waals surface area contributed by atoms with Crippen LogP contribution in [0.1, 0.15) is 24.0 Å². The topological polar surface area (TPSA) is 58.6 Å². The molecule has 0 aliphatic carbocycles. The van der Waals surface area contributed by atoms with E-state index >= 15 is 0 Å². The summed E-state index contributed by atoms with van der Waals surface area (Å²) in [6.45, 7) is 2.04. The number of hydrogen-bond donors (Lipinski definition) is 1. The minimum Gasteiger partial charge on any atom is -0.493 e. The second kappa shape index (κ2) is 7.82. The first-order chi connectivity index (χ1) is 13.2. The van der Waals surface area contributed by atoms with Crippen LogP contribution in [0, 0.1) is 5.92 Å². The molecule has 1 unspecified atom stereocenters. The Kier molecular flexibility index (Phi) is 5.10. The molecule has 0 radical (unpaired) electrons. The second-order valence-corrected chi connectivity index (χ2v) is 7.29. The van der Waals surface area contributed by atoms with E-state index in [1.54, 1.807) is 0 Å². The number of nitrogens with one attached hydrogen (secondary N) is 1. The first-order valence-corrected chi connectivity index (χ1v) is 9.56. The highest BCUT2D eigenvalue weighted by Gasteiger charge is 2.22. The number of hydrogen-bond acceptors (Lipinski definition) is 3. The van der Waals surface area contributed by atoms with Crippen LogP contribution in [0.4, 0.5) is 5.69 Å². The average Bonchev–Trinajstić information content (AvgIpc) is 3.13. The summed E-state index contributed by atoms with van der Waals surface area (Å²) in [7, 11) is 0. The van der Waals surface area contributed by atoms with Crippen molar-refractivity contribution in [2.45, 2.75) is 25.7 Å². The van der Waals surface area contributed by atoms with Gasteiger partial charge >= 0.3 is 0 Å². The maximum absolute atomic E-state index is 12.3. The van der Waals surface area contributed by atoms with Gasteiger partial charge in [-0.15, -0.1) is 0 Å². The SMILES string of the molecule is O=C(Cc1ccc(N2CCCC2=O)cc1)NCC1COc2ccccc2C1. The molecule has 0 saturated carbocycles. The van der Waals surface area contributed by atoms with Gasteiger partial charge in [0.1, 0.15) is 5.75 Å². The molecule has 0 spiro atoms. The van der Waals surface area contributed by atoms with E-state index in [2.05, 4.69) is 11.4 Å². The van der Waals surface area contributed by atoms with Crippen LogP contribution in [-0.4, -0.2) is 31.5 Å². The first-order valence-electron chi connectivity index (χ1n) is 9.56. The van der Waals surface area contributed by atoms with Crippen LogP contribution in [0.3, 0.4) is 0 Å². The lowest BCUT2D eigenvalue weighted by molar-refractivity contribution is -0.120. The smallest absolute Gasteiger partial charge is 0.227 e. The van der Waals surface area contributed by atoms with Gasteiger partial charge in [0.05, 0.1) is 13.0 Å². The predicted octanol–water partition coefficient (Wildman–Crippen LogP) is 2.72. The largest absolute Gasteiger partial charge is 0.493 e. The second-order valence-electron chi connectivity index (χ2n) is 7.29. The molecule has 2 aliphatic rings. The van der Waals surface area contributed by atoms with E-state index in [1.807, 2.05) is 47.4 Å². The molecule has 1 atom stereocenters. The number of anilines is 1. The van der Waals surface area contributed by atoms with E-state index in [-0.39, 0.29) is 11.8 Å². The fourth-order valence-electron chi connectivity index (χ4n) is 3.74. The molecule has 4 rings (SSSR count). The number of carbonyl (C=O) groups excluding carboxylic acids is 2. The van der Waals surface area contributed by atoms with Gasteiger partial charge < -0.3 is 15.0 Å². The van der Waals surface area contributed by atoms with Crippen LogP contribution in [-0.2, 0) is 22.4 Å². The monoisotopic (exact) mass is 364 g/mol. The van der Waals surface area contributed by atoms with Gasteiger partial charge in [-0.25, -0.2) is 0 Å². The molecule has 140 valence electrons. The summed E-state index contributed by atoms with van der Waals surface area (Å²) in [6, 6.07) is 15.8. The Bertz CT molecular complexity index is 832. The number of carbonyl (C=O) groups is 2. The standard InChI is InChI=1S/C22H24N2O3/c25-21(23-14-17-12-18-4-1-2-5-20(18)27-15-17)13-16-7-9-19(10-8-16)24-11-3-6-22(24)26/h1-2,4-5,7-10,17H,3,6,11-15H2,(H,23,25). The van der Waals surface area contributed by atoms with Crippen molar-refractivity contribution >= 4 is 17.5 Å². The van der Waals surface area contributed by atoms with Crippen molar-refractivity contribution in [3.63, 3.8) is 0 Å². The number of ether oxygens (including phenoxy) is 1. The Morgan fingerprint density at radius 1 is 1.15 bits per heavy atom. The van der Waals surface area contributed by atoms with Crippen molar-refractivity contribution in [3.8, 4) is 5.75 Å². The minimum absolute atomic E-state index is 0.0128. The van der Waals surface area contributed by atoms with Crippen LogP contribution in [0.25, 0.3) is 0 Å². The van der Waals surface area contributed by atoms with Gasteiger partial charge in [0.15, 0.2) is 0 Å². The lowest BCUT2D eigenvalue weighted by Crippen LogP contribution is -2.35. The van der Waals surface area contributed by atoms with Crippen LogP contribution in [0.2, 0.25) is 0 Å². The fourth-order valence-corrected chi connectivity index (χ4v) is 3.74. The van der Waals surface area contributed by atoms with E-state index in [0.717, 1.165) is 36.4 Å². The zero-order valence-electron chi connectivity index (χ0n) is 15.3. The highest BCUT2D eigenvalue weighted by atomic mass is 16.5. The molecule has 2 amide bonds. The summed E-state index contributed by atoms with van der Waals surface area (Å²) in [5, 5.41) is 3.02. The Morgan fingerprint density at radius 3 is 2.74 bits per heavy atom. The highest BCUT2D eigenvalue weighted by molar-refractivity contribution is 5.95. The van der Waals surface area contributed by atoms with Gasteiger partial charge in [-0.1, -0.05) is 30.3 Å². The first kappa shape index (κ1) is 17.6. The Morgan fingerprint density at radius 2 is 1.96 bits per heavy atom. The summed E-state index contributed by atoms with van der Waals surface area (Å²) >= 11 is 0. The molecule has 27 heavy (non-hydrogen) atoms. The van der Waals surface area contributed by atoms with E-state index in [9.17, 15) is 9.59 Å². The predicted molar refractivity (Wildman–Crippen MR) is 104 cm³/mol. The van der Waals surface area contributed by atoms with Crippen LogP contribution in [0.15, 0.2) is 48.5 Å². The maximum atomic E-state index is 12.3. The molecule has 5 heteroatoms. The van der Waals surface area contributed by atoms with Crippen molar-refractivity contribution in [2.24, 2.45) is 5.92 Å². The van der Waals surface area contributed by atoms with Gasteiger partial charge in [-0.3, -0.25) is 9.59 Å². The normalized spacial score (nSPS) is 18.7. The van der Waals surface area contributed by atoms with Gasteiger partial charge in [0.25, 0.3) is 0 Å². The molecular weight excluding hydrogens is 340 g/mol. The summed E-state index contributed by atoms with van der Waals surface area (Å²) < 4.78 is 5.77. The molecule has 2 aromatic rings. The van der Waals surface area contributed by atoms with Crippen molar-refractivity contribution in [1.29, 1.82) is 0 Å². The van der Waals surface area contributed by atoms with Crippen molar-refractivity contribution < 1.29 is 14.3 Å². The lowest BCUT2D eigenvalue weighted by Gasteiger charge is -2.25. The summed E-state index contributed by atoms with van der Waals surface area (Å²) in [5.74, 6) is 1.44. The molecule has 5 nitrogen and oxygen atoms in total. The van der Waals surface area contributed by atoms with E-state index in [4.69, 9.17) is 4.74 Å². The third-order valence-corrected chi connectivity index (χ3v) is 5.23. The Labute approximate surface area is 159 Å². The van der Waals surface area contributed by atoms with Crippen molar-refractivity contribution in [1.82, 2.24) is 5.32 Å². The number of amides is 2. The number of benzene rings is 2. The molecule has 1 saturated heterocycles.